The molecule has 0 heterocycles. The van der Waals surface area contributed by atoms with Crippen molar-refractivity contribution in [3.05, 3.63) is 28.3 Å². The van der Waals surface area contributed by atoms with E-state index in [-0.39, 0.29) is 0 Å². The van der Waals surface area contributed by atoms with Crippen LogP contribution in [0, 0.1) is 6.92 Å². The van der Waals surface area contributed by atoms with Crippen molar-refractivity contribution in [2.24, 2.45) is 0 Å². The second-order valence-corrected chi connectivity index (χ2v) is 4.21. The van der Waals surface area contributed by atoms with E-state index in [9.17, 15) is 10.2 Å². The van der Waals surface area contributed by atoms with Crippen LogP contribution in [-0.4, -0.2) is 29.9 Å². The van der Waals surface area contributed by atoms with E-state index in [2.05, 4.69) is 5.32 Å². The molecule has 0 fully saturated rings. The predicted octanol–water partition coefficient (Wildman–Crippen LogP) is 0.844. The summed E-state index contributed by atoms with van der Waals surface area (Å²) >= 11 is 5.97. The molecule has 0 bridgehead atoms. The fourth-order valence-corrected chi connectivity index (χ4v) is 1.76. The van der Waals surface area contributed by atoms with E-state index in [1.54, 1.807) is 19.2 Å². The van der Waals surface area contributed by atoms with Gasteiger partial charge in [0.25, 0.3) is 0 Å². The number of nitrogens with one attached hydrogen (secondary N) is 1. The van der Waals surface area contributed by atoms with Crippen molar-refractivity contribution in [1.82, 2.24) is 5.32 Å². The van der Waals surface area contributed by atoms with E-state index >= 15 is 0 Å². The van der Waals surface area contributed by atoms with Crippen LogP contribution in [0.5, 0.6) is 0 Å². The van der Waals surface area contributed by atoms with Crippen LogP contribution >= 0.6 is 11.6 Å². The number of benzene rings is 1. The number of likely N-dealkylation sites (N-methyl/N-ethyl adjacent to an activating group) is 1. The van der Waals surface area contributed by atoms with Gasteiger partial charge in [-0.15, -0.1) is 0 Å². The smallest absolute Gasteiger partial charge is 0.108 e. The van der Waals surface area contributed by atoms with E-state index in [1.807, 2.05) is 6.92 Å². The zero-order chi connectivity index (χ0) is 12.3. The zero-order valence-electron chi connectivity index (χ0n) is 9.37. The van der Waals surface area contributed by atoms with Gasteiger partial charge in [-0.3, -0.25) is 0 Å². The first-order valence-corrected chi connectivity index (χ1v) is 5.41. The van der Waals surface area contributed by atoms with Crippen LogP contribution in [0.2, 0.25) is 5.02 Å². The highest BCUT2D eigenvalue weighted by molar-refractivity contribution is 6.31. The number of anilines is 1. The van der Waals surface area contributed by atoms with Crippen molar-refractivity contribution < 1.29 is 10.2 Å². The summed E-state index contributed by atoms with van der Waals surface area (Å²) < 4.78 is 0. The Kier molecular flexibility index (Phi) is 4.56. The zero-order valence-corrected chi connectivity index (χ0v) is 10.1. The Morgan fingerprint density at radius 3 is 2.62 bits per heavy atom. The minimum Gasteiger partial charge on any atom is -0.398 e. The molecule has 0 amide bonds. The van der Waals surface area contributed by atoms with Crippen LogP contribution in [0.1, 0.15) is 17.2 Å². The van der Waals surface area contributed by atoms with Crippen molar-refractivity contribution in [1.29, 1.82) is 0 Å². The number of nitrogen functional groups attached to an aromatic ring is 1. The molecule has 16 heavy (non-hydrogen) atoms. The maximum Gasteiger partial charge on any atom is 0.108 e. The highest BCUT2D eigenvalue weighted by Crippen LogP contribution is 2.29. The van der Waals surface area contributed by atoms with Gasteiger partial charge in [-0.25, -0.2) is 0 Å². The summed E-state index contributed by atoms with van der Waals surface area (Å²) in [6.45, 7) is 2.12. The minimum atomic E-state index is -1.01. The molecule has 0 aliphatic carbocycles. The van der Waals surface area contributed by atoms with Crippen molar-refractivity contribution in [2.75, 3.05) is 19.3 Å². The Balaban J connectivity index is 2.99. The Bertz CT molecular complexity index is 371. The molecule has 0 spiro atoms. The molecular formula is C11H17ClN2O2. The summed E-state index contributed by atoms with van der Waals surface area (Å²) in [6, 6.07) is 3.28. The summed E-state index contributed by atoms with van der Waals surface area (Å²) in [5.74, 6) is 0. The van der Waals surface area contributed by atoms with Crippen LogP contribution in [0.3, 0.4) is 0 Å². The van der Waals surface area contributed by atoms with Gasteiger partial charge in [-0.1, -0.05) is 11.6 Å². The molecule has 0 aliphatic rings. The van der Waals surface area contributed by atoms with Gasteiger partial charge in [-0.05, 0) is 31.7 Å². The number of aliphatic hydroxyl groups is 2. The first kappa shape index (κ1) is 13.3. The van der Waals surface area contributed by atoms with Gasteiger partial charge in [-0.2, -0.15) is 0 Å². The van der Waals surface area contributed by atoms with E-state index in [4.69, 9.17) is 17.3 Å². The van der Waals surface area contributed by atoms with Crippen molar-refractivity contribution in [2.45, 2.75) is 19.1 Å². The molecule has 0 aromatic heterocycles. The van der Waals surface area contributed by atoms with E-state index in [0.29, 0.717) is 22.8 Å². The molecule has 5 N–H and O–H groups in total. The largest absolute Gasteiger partial charge is 0.398 e. The molecule has 1 aromatic carbocycles. The van der Waals surface area contributed by atoms with Gasteiger partial charge in [0, 0.05) is 22.8 Å². The SMILES string of the molecule is CNCC(O)C(O)c1cc(C)c(N)cc1Cl. The molecule has 0 saturated heterocycles. The second kappa shape index (κ2) is 5.50. The highest BCUT2D eigenvalue weighted by Gasteiger charge is 2.20. The lowest BCUT2D eigenvalue weighted by molar-refractivity contribution is 0.0203. The number of aryl methyl sites for hydroxylation is 1. The highest BCUT2D eigenvalue weighted by atomic mass is 35.5. The standard InChI is InChI=1S/C11H17ClN2O2/c1-6-3-7(8(12)4-9(6)13)11(16)10(15)5-14-2/h3-4,10-11,14-16H,5,13H2,1-2H3. The number of hydrogen-bond acceptors (Lipinski definition) is 4. The molecule has 0 saturated carbocycles. The first-order chi connectivity index (χ1) is 7.47. The van der Waals surface area contributed by atoms with Crippen LogP contribution in [0.15, 0.2) is 12.1 Å². The third kappa shape index (κ3) is 2.86. The number of aliphatic hydroxyl groups excluding tert-OH is 2. The average Bonchev–Trinajstić information content (AvgIpc) is 2.23. The van der Waals surface area contributed by atoms with E-state index in [0.717, 1.165) is 5.56 Å². The quantitative estimate of drug-likeness (QED) is 0.592. The number of hydrogen-bond donors (Lipinski definition) is 4. The van der Waals surface area contributed by atoms with Crippen LogP contribution < -0.4 is 11.1 Å². The Labute approximate surface area is 100 Å². The summed E-state index contributed by atoms with van der Waals surface area (Å²) in [5.41, 5.74) is 7.58. The van der Waals surface area contributed by atoms with Crippen LogP contribution in [0.4, 0.5) is 5.69 Å². The van der Waals surface area contributed by atoms with Gasteiger partial charge >= 0.3 is 0 Å². The Morgan fingerprint density at radius 2 is 2.06 bits per heavy atom. The summed E-state index contributed by atoms with van der Waals surface area (Å²) in [6.07, 6.45) is -1.91. The minimum absolute atomic E-state index is 0.293. The fraction of sp³-hybridized carbons (Fsp3) is 0.455. The summed E-state index contributed by atoms with van der Waals surface area (Å²) in [5, 5.41) is 22.7. The predicted molar refractivity (Wildman–Crippen MR) is 65.5 cm³/mol. The van der Waals surface area contributed by atoms with Gasteiger partial charge in [0.15, 0.2) is 0 Å². The third-order valence-corrected chi connectivity index (χ3v) is 2.81. The molecule has 5 heteroatoms. The van der Waals surface area contributed by atoms with E-state index in [1.165, 1.54) is 0 Å². The Morgan fingerprint density at radius 1 is 1.44 bits per heavy atom. The maximum absolute atomic E-state index is 9.90. The molecule has 1 aromatic rings. The van der Waals surface area contributed by atoms with Gasteiger partial charge in [0.1, 0.15) is 6.10 Å². The molecule has 90 valence electrons. The average molecular weight is 245 g/mol. The molecule has 2 atom stereocenters. The fourth-order valence-electron chi connectivity index (χ4n) is 1.47. The van der Waals surface area contributed by atoms with E-state index < -0.39 is 12.2 Å². The van der Waals surface area contributed by atoms with Crippen molar-refractivity contribution in [3.8, 4) is 0 Å². The molecular weight excluding hydrogens is 228 g/mol. The molecule has 1 rings (SSSR count). The molecule has 2 unspecified atom stereocenters. The first-order valence-electron chi connectivity index (χ1n) is 5.03. The summed E-state index contributed by atoms with van der Waals surface area (Å²) in [7, 11) is 1.70. The molecule has 4 nitrogen and oxygen atoms in total. The monoisotopic (exact) mass is 244 g/mol. The second-order valence-electron chi connectivity index (χ2n) is 3.80. The molecule has 0 radical (unpaired) electrons. The maximum atomic E-state index is 9.90. The van der Waals surface area contributed by atoms with Gasteiger partial charge in [0.05, 0.1) is 6.10 Å². The Hall–Kier alpha value is -0.810. The van der Waals surface area contributed by atoms with Crippen molar-refractivity contribution >= 4 is 17.3 Å². The number of halogens is 1. The van der Waals surface area contributed by atoms with Gasteiger partial charge < -0.3 is 21.3 Å². The normalized spacial score (nSPS) is 14.8. The number of nitrogens with two attached hydrogens (primary N) is 1. The lowest BCUT2D eigenvalue weighted by Crippen LogP contribution is -2.29. The third-order valence-electron chi connectivity index (χ3n) is 2.48. The molecule has 0 aliphatic heterocycles. The van der Waals surface area contributed by atoms with Crippen LogP contribution in [0.25, 0.3) is 0 Å². The lowest BCUT2D eigenvalue weighted by Gasteiger charge is -2.19. The summed E-state index contributed by atoms with van der Waals surface area (Å²) in [4.78, 5) is 0. The number of rotatable bonds is 4. The van der Waals surface area contributed by atoms with Crippen LogP contribution in [-0.2, 0) is 0 Å². The topological polar surface area (TPSA) is 78.5 Å². The van der Waals surface area contributed by atoms with Gasteiger partial charge in [0.2, 0.25) is 0 Å². The van der Waals surface area contributed by atoms with Crippen molar-refractivity contribution in [3.63, 3.8) is 0 Å². The lowest BCUT2D eigenvalue weighted by atomic mass is 10.0.